The molecule has 0 aliphatic heterocycles. The van der Waals surface area contributed by atoms with Crippen molar-refractivity contribution in [1.29, 1.82) is 0 Å². The Hall–Kier alpha value is -3.02. The van der Waals surface area contributed by atoms with Crippen LogP contribution in [0.4, 0.5) is 0 Å². The zero-order chi connectivity index (χ0) is 23.2. The lowest BCUT2D eigenvalue weighted by molar-refractivity contribution is 0.102. The molecule has 5 nitrogen and oxygen atoms in total. The van der Waals surface area contributed by atoms with E-state index < -0.39 is 12.2 Å². The van der Waals surface area contributed by atoms with E-state index in [4.69, 9.17) is 14.2 Å². The summed E-state index contributed by atoms with van der Waals surface area (Å²) >= 11 is 0. The van der Waals surface area contributed by atoms with Crippen LogP contribution < -0.4 is 14.2 Å². The molecular formula is C28H32O5. The fourth-order valence-corrected chi connectivity index (χ4v) is 3.99. The lowest BCUT2D eigenvalue weighted by atomic mass is 9.89. The fourth-order valence-electron chi connectivity index (χ4n) is 3.99. The molecule has 2 N–H and O–H groups in total. The highest BCUT2D eigenvalue weighted by molar-refractivity contribution is 5.96. The monoisotopic (exact) mass is 448 g/mol. The molecule has 1 aliphatic rings. The molecule has 5 heteroatoms. The molecule has 3 aromatic carbocycles. The maximum Gasteiger partial charge on any atom is 0.131 e. The lowest BCUT2D eigenvalue weighted by Crippen LogP contribution is -2.20. The average molecular weight is 449 g/mol. The quantitative estimate of drug-likeness (QED) is 0.446. The predicted octanol–water partition coefficient (Wildman–Crippen LogP) is 5.20. The third kappa shape index (κ3) is 5.32. The summed E-state index contributed by atoms with van der Waals surface area (Å²) in [6.45, 7) is 4.33. The Kier molecular flexibility index (Phi) is 7.53. The van der Waals surface area contributed by atoms with Gasteiger partial charge < -0.3 is 24.4 Å². The van der Waals surface area contributed by atoms with Crippen LogP contribution in [0, 0.1) is 0 Å². The number of aliphatic hydroxyl groups is 2. The average Bonchev–Trinajstić information content (AvgIpc) is 2.86. The first-order valence-corrected chi connectivity index (χ1v) is 11.7. The van der Waals surface area contributed by atoms with Crippen LogP contribution in [0.3, 0.4) is 0 Å². The SMILES string of the molecule is CCC(O)COc1c2c(c(OCC(O)CC)c3ccccc13)CC(Oc1ccccc1)=CC2. The van der Waals surface area contributed by atoms with Gasteiger partial charge in [0, 0.05) is 28.3 Å². The molecule has 0 amide bonds. The van der Waals surface area contributed by atoms with Crippen LogP contribution in [0.15, 0.2) is 66.4 Å². The van der Waals surface area contributed by atoms with Gasteiger partial charge in [0.15, 0.2) is 0 Å². The Bertz CT molecular complexity index is 1110. The first-order valence-electron chi connectivity index (χ1n) is 11.7. The second-order valence-corrected chi connectivity index (χ2v) is 8.37. The number of ether oxygens (including phenoxy) is 3. The Morgan fingerprint density at radius 2 is 1.30 bits per heavy atom. The van der Waals surface area contributed by atoms with Crippen molar-refractivity contribution in [3.63, 3.8) is 0 Å². The van der Waals surface area contributed by atoms with E-state index in [0.717, 1.165) is 44.9 Å². The number of hydrogen-bond acceptors (Lipinski definition) is 5. The molecule has 0 heterocycles. The van der Waals surface area contributed by atoms with Crippen LogP contribution in [0.25, 0.3) is 10.8 Å². The minimum absolute atomic E-state index is 0.222. The van der Waals surface area contributed by atoms with Crippen molar-refractivity contribution in [1.82, 2.24) is 0 Å². The van der Waals surface area contributed by atoms with Gasteiger partial charge in [-0.2, -0.15) is 0 Å². The number of allylic oxidation sites excluding steroid dienone is 2. The van der Waals surface area contributed by atoms with E-state index >= 15 is 0 Å². The van der Waals surface area contributed by atoms with Crippen molar-refractivity contribution >= 4 is 10.8 Å². The lowest BCUT2D eigenvalue weighted by Gasteiger charge is -2.26. The van der Waals surface area contributed by atoms with Crippen molar-refractivity contribution in [3.05, 3.63) is 77.6 Å². The van der Waals surface area contributed by atoms with Gasteiger partial charge in [0.2, 0.25) is 0 Å². The summed E-state index contributed by atoms with van der Waals surface area (Å²) in [6.07, 6.45) is 3.47. The molecule has 3 aromatic rings. The topological polar surface area (TPSA) is 68.2 Å². The third-order valence-electron chi connectivity index (χ3n) is 5.99. The van der Waals surface area contributed by atoms with Crippen molar-refractivity contribution in [2.75, 3.05) is 13.2 Å². The summed E-state index contributed by atoms with van der Waals surface area (Å²) in [5.74, 6) is 3.19. The van der Waals surface area contributed by atoms with Crippen LogP contribution in [0.5, 0.6) is 17.2 Å². The van der Waals surface area contributed by atoms with E-state index in [0.29, 0.717) is 25.7 Å². The van der Waals surface area contributed by atoms with Gasteiger partial charge >= 0.3 is 0 Å². The van der Waals surface area contributed by atoms with E-state index in [1.807, 2.05) is 68.4 Å². The molecule has 0 spiro atoms. The van der Waals surface area contributed by atoms with Crippen molar-refractivity contribution < 1.29 is 24.4 Å². The van der Waals surface area contributed by atoms with E-state index in [2.05, 4.69) is 6.08 Å². The van der Waals surface area contributed by atoms with Gasteiger partial charge in [-0.1, -0.05) is 56.3 Å². The molecule has 0 radical (unpaired) electrons. The number of aliphatic hydroxyl groups excluding tert-OH is 2. The highest BCUT2D eigenvalue weighted by Gasteiger charge is 2.26. The minimum atomic E-state index is -0.533. The summed E-state index contributed by atoms with van der Waals surface area (Å²) in [4.78, 5) is 0. The van der Waals surface area contributed by atoms with E-state index in [1.54, 1.807) is 0 Å². The number of rotatable bonds is 10. The largest absolute Gasteiger partial charge is 0.490 e. The van der Waals surface area contributed by atoms with Gasteiger partial charge in [-0.05, 0) is 37.5 Å². The standard InChI is InChI=1S/C28H32O5/c1-3-19(29)17-31-27-23-12-8-9-13-24(23)28(32-18-20(30)4-2)26-16-22(14-15-25(26)27)33-21-10-6-5-7-11-21/h5-14,19-20,29-30H,3-4,15-18H2,1-2H3. The van der Waals surface area contributed by atoms with Crippen LogP contribution in [-0.2, 0) is 12.8 Å². The van der Waals surface area contributed by atoms with E-state index in [-0.39, 0.29) is 13.2 Å². The molecule has 2 atom stereocenters. The normalized spacial score (nSPS) is 14.8. The zero-order valence-electron chi connectivity index (χ0n) is 19.3. The number of fused-ring (bicyclic) bond motifs is 2. The molecule has 4 rings (SSSR count). The predicted molar refractivity (Wildman–Crippen MR) is 130 cm³/mol. The molecule has 0 aromatic heterocycles. The fraction of sp³-hybridized carbons (Fsp3) is 0.357. The first kappa shape index (κ1) is 23.1. The van der Waals surface area contributed by atoms with E-state index in [1.165, 1.54) is 0 Å². The molecule has 174 valence electrons. The van der Waals surface area contributed by atoms with Gasteiger partial charge in [0.05, 0.1) is 12.2 Å². The minimum Gasteiger partial charge on any atom is -0.490 e. The maximum atomic E-state index is 10.2. The van der Waals surface area contributed by atoms with Gasteiger partial charge in [0.1, 0.15) is 36.2 Å². The number of para-hydroxylation sites is 1. The number of hydrogen-bond donors (Lipinski definition) is 2. The summed E-state index contributed by atoms with van der Waals surface area (Å²) in [6, 6.07) is 17.7. The van der Waals surface area contributed by atoms with Crippen LogP contribution in [0.2, 0.25) is 0 Å². The van der Waals surface area contributed by atoms with Gasteiger partial charge in [0.25, 0.3) is 0 Å². The Balaban J connectivity index is 1.76. The Labute approximate surface area is 195 Å². The van der Waals surface area contributed by atoms with Crippen LogP contribution in [-0.4, -0.2) is 35.6 Å². The summed E-state index contributed by atoms with van der Waals surface area (Å²) in [5, 5.41) is 22.2. The van der Waals surface area contributed by atoms with Crippen molar-refractivity contribution in [3.8, 4) is 17.2 Å². The zero-order valence-corrected chi connectivity index (χ0v) is 19.3. The van der Waals surface area contributed by atoms with Gasteiger partial charge in [-0.25, -0.2) is 0 Å². The molecule has 0 fully saturated rings. The van der Waals surface area contributed by atoms with Crippen LogP contribution in [0.1, 0.15) is 37.8 Å². The number of benzene rings is 3. The maximum absolute atomic E-state index is 10.2. The van der Waals surface area contributed by atoms with Crippen LogP contribution >= 0.6 is 0 Å². The third-order valence-corrected chi connectivity index (χ3v) is 5.99. The Morgan fingerprint density at radius 1 is 0.758 bits per heavy atom. The Morgan fingerprint density at radius 3 is 1.88 bits per heavy atom. The molecule has 0 saturated carbocycles. The smallest absolute Gasteiger partial charge is 0.131 e. The summed E-state index contributed by atoms with van der Waals surface area (Å²) in [5.41, 5.74) is 2.05. The van der Waals surface area contributed by atoms with E-state index in [9.17, 15) is 10.2 Å². The summed E-state index contributed by atoms with van der Waals surface area (Å²) in [7, 11) is 0. The van der Waals surface area contributed by atoms with Crippen molar-refractivity contribution in [2.45, 2.75) is 51.7 Å². The summed E-state index contributed by atoms with van der Waals surface area (Å²) < 4.78 is 18.6. The molecule has 0 saturated heterocycles. The second kappa shape index (κ2) is 10.7. The molecule has 2 unspecified atom stereocenters. The molecule has 0 bridgehead atoms. The molecule has 1 aliphatic carbocycles. The highest BCUT2D eigenvalue weighted by atomic mass is 16.5. The molecular weight excluding hydrogens is 416 g/mol. The van der Waals surface area contributed by atoms with Crippen molar-refractivity contribution in [2.24, 2.45) is 0 Å². The first-order chi connectivity index (χ1) is 16.1. The second-order valence-electron chi connectivity index (χ2n) is 8.37. The van der Waals surface area contributed by atoms with Gasteiger partial charge in [-0.3, -0.25) is 0 Å². The molecule has 33 heavy (non-hydrogen) atoms. The highest BCUT2D eigenvalue weighted by Crippen LogP contribution is 2.44. The van der Waals surface area contributed by atoms with Gasteiger partial charge in [-0.15, -0.1) is 0 Å².